The molecule has 1 heterocycles. The number of likely N-dealkylation sites (tertiary alicyclic amines) is 1. The van der Waals surface area contributed by atoms with Crippen LogP contribution in [-0.4, -0.2) is 41.7 Å². The van der Waals surface area contributed by atoms with E-state index in [4.69, 9.17) is 0 Å². The predicted molar refractivity (Wildman–Crippen MR) is 71.7 cm³/mol. The van der Waals surface area contributed by atoms with Gasteiger partial charge in [-0.05, 0) is 31.9 Å². The number of carbonyl (C=O) groups excluding carboxylic acids is 1. The lowest BCUT2D eigenvalue weighted by Gasteiger charge is -2.36. The normalized spacial score (nSPS) is 18.2. The van der Waals surface area contributed by atoms with Gasteiger partial charge in [-0.15, -0.1) is 0 Å². The molecule has 0 radical (unpaired) electrons. The Hall–Kier alpha value is -1.62. The van der Waals surface area contributed by atoms with E-state index in [1.165, 1.54) is 12.1 Å². The predicted octanol–water partition coefficient (Wildman–Crippen LogP) is 1.85. The number of amides is 1. The minimum Gasteiger partial charge on any atom is -0.390 e. The first-order valence-corrected chi connectivity index (χ1v) is 6.42. The maximum Gasteiger partial charge on any atom is 0.256 e. The number of hydrogen-bond acceptors (Lipinski definition) is 3. The minimum absolute atomic E-state index is 0.195. The third-order valence-electron chi connectivity index (χ3n) is 3.62. The molecule has 1 amide bonds. The fourth-order valence-corrected chi connectivity index (χ4v) is 2.32. The van der Waals surface area contributed by atoms with Crippen LogP contribution < -0.4 is 5.32 Å². The van der Waals surface area contributed by atoms with Gasteiger partial charge in [0.2, 0.25) is 0 Å². The van der Waals surface area contributed by atoms with Crippen LogP contribution in [0.15, 0.2) is 18.2 Å². The Balaban J connectivity index is 2.19. The van der Waals surface area contributed by atoms with Crippen LogP contribution in [0.4, 0.5) is 10.1 Å². The Labute approximate surface area is 112 Å². The molecule has 1 aliphatic rings. The fraction of sp³-hybridized carbons (Fsp3) is 0.500. The number of anilines is 1. The summed E-state index contributed by atoms with van der Waals surface area (Å²) < 4.78 is 13.6. The molecule has 1 fully saturated rings. The number of rotatable bonds is 2. The van der Waals surface area contributed by atoms with Crippen LogP contribution >= 0.6 is 0 Å². The van der Waals surface area contributed by atoms with Crippen molar-refractivity contribution >= 4 is 11.6 Å². The molecule has 0 spiro atoms. The second-order valence-electron chi connectivity index (χ2n) is 5.20. The van der Waals surface area contributed by atoms with Crippen molar-refractivity contribution in [2.75, 3.05) is 25.5 Å². The summed E-state index contributed by atoms with van der Waals surface area (Å²) in [6.07, 6.45) is 1.09. The first-order chi connectivity index (χ1) is 8.94. The highest BCUT2D eigenvalue weighted by molar-refractivity contribution is 5.99. The van der Waals surface area contributed by atoms with Crippen LogP contribution in [-0.2, 0) is 0 Å². The number of halogens is 1. The molecule has 2 rings (SSSR count). The van der Waals surface area contributed by atoms with Crippen LogP contribution in [0.2, 0.25) is 0 Å². The van der Waals surface area contributed by atoms with Crippen molar-refractivity contribution in [3.63, 3.8) is 0 Å². The summed E-state index contributed by atoms with van der Waals surface area (Å²) in [5.74, 6) is -0.628. The molecule has 1 saturated heterocycles. The van der Waals surface area contributed by atoms with Crippen LogP contribution in [0.5, 0.6) is 0 Å². The van der Waals surface area contributed by atoms with Crippen LogP contribution in [0, 0.1) is 5.82 Å². The molecule has 104 valence electrons. The van der Waals surface area contributed by atoms with Crippen LogP contribution in [0.25, 0.3) is 0 Å². The highest BCUT2D eigenvalue weighted by Crippen LogP contribution is 2.25. The van der Waals surface area contributed by atoms with E-state index in [0.717, 1.165) is 0 Å². The van der Waals surface area contributed by atoms with Crippen molar-refractivity contribution in [1.82, 2.24) is 4.90 Å². The van der Waals surface area contributed by atoms with Crippen molar-refractivity contribution in [2.45, 2.75) is 25.4 Å². The Morgan fingerprint density at radius 2 is 2.05 bits per heavy atom. The first-order valence-electron chi connectivity index (χ1n) is 6.42. The van der Waals surface area contributed by atoms with E-state index in [1.54, 1.807) is 24.9 Å². The summed E-state index contributed by atoms with van der Waals surface area (Å²) in [4.78, 5) is 14.0. The van der Waals surface area contributed by atoms with Crippen molar-refractivity contribution < 1.29 is 14.3 Å². The van der Waals surface area contributed by atoms with E-state index in [9.17, 15) is 14.3 Å². The quantitative estimate of drug-likeness (QED) is 0.859. The molecule has 0 atom stereocenters. The number of para-hydroxylation sites is 1. The van der Waals surface area contributed by atoms with E-state index in [2.05, 4.69) is 5.32 Å². The van der Waals surface area contributed by atoms with Crippen molar-refractivity contribution in [3.8, 4) is 0 Å². The minimum atomic E-state index is -0.704. The average molecular weight is 266 g/mol. The molecule has 0 aliphatic carbocycles. The van der Waals surface area contributed by atoms with Gasteiger partial charge in [0.05, 0.1) is 16.9 Å². The number of carbonyl (C=O) groups is 1. The number of nitrogens with one attached hydrogen (secondary N) is 1. The van der Waals surface area contributed by atoms with E-state index in [1.807, 2.05) is 0 Å². The van der Waals surface area contributed by atoms with Gasteiger partial charge in [0.15, 0.2) is 0 Å². The first kappa shape index (κ1) is 13.8. The summed E-state index contributed by atoms with van der Waals surface area (Å²) in [5, 5.41) is 12.6. The highest BCUT2D eigenvalue weighted by atomic mass is 19.1. The lowest BCUT2D eigenvalue weighted by atomic mass is 9.93. The van der Waals surface area contributed by atoms with Crippen molar-refractivity contribution in [2.24, 2.45) is 0 Å². The summed E-state index contributed by atoms with van der Waals surface area (Å²) in [6, 6.07) is 4.47. The molecule has 0 saturated carbocycles. The molecule has 2 N–H and O–H groups in total. The zero-order chi connectivity index (χ0) is 14.0. The van der Waals surface area contributed by atoms with Gasteiger partial charge in [-0.3, -0.25) is 4.79 Å². The van der Waals surface area contributed by atoms with Gasteiger partial charge in [0, 0.05) is 20.1 Å². The monoisotopic (exact) mass is 266 g/mol. The summed E-state index contributed by atoms with van der Waals surface area (Å²) in [7, 11) is 1.59. The van der Waals surface area contributed by atoms with E-state index >= 15 is 0 Å². The average Bonchev–Trinajstić information content (AvgIpc) is 2.37. The van der Waals surface area contributed by atoms with Crippen LogP contribution in [0.3, 0.4) is 0 Å². The van der Waals surface area contributed by atoms with Gasteiger partial charge in [0.25, 0.3) is 5.91 Å². The third-order valence-corrected chi connectivity index (χ3v) is 3.62. The zero-order valence-corrected chi connectivity index (χ0v) is 11.2. The number of nitrogens with zero attached hydrogens (tertiary/aromatic N) is 1. The smallest absolute Gasteiger partial charge is 0.256 e. The largest absolute Gasteiger partial charge is 0.390 e. The van der Waals surface area contributed by atoms with Gasteiger partial charge < -0.3 is 15.3 Å². The number of piperidine rings is 1. The molecule has 1 aromatic rings. The Kier molecular flexibility index (Phi) is 3.75. The molecule has 0 aromatic heterocycles. The Morgan fingerprint density at radius 3 is 2.63 bits per heavy atom. The summed E-state index contributed by atoms with van der Waals surface area (Å²) in [6.45, 7) is 2.76. The van der Waals surface area contributed by atoms with Gasteiger partial charge in [-0.25, -0.2) is 4.39 Å². The molecular formula is C14H19FN2O2. The maximum atomic E-state index is 13.6. The molecule has 4 nitrogen and oxygen atoms in total. The molecular weight excluding hydrogens is 247 g/mol. The molecule has 5 heteroatoms. The van der Waals surface area contributed by atoms with Crippen molar-refractivity contribution in [3.05, 3.63) is 29.6 Å². The van der Waals surface area contributed by atoms with Gasteiger partial charge in [-0.1, -0.05) is 6.07 Å². The molecule has 0 unspecified atom stereocenters. The van der Waals surface area contributed by atoms with E-state index in [0.29, 0.717) is 31.5 Å². The summed E-state index contributed by atoms with van der Waals surface area (Å²) >= 11 is 0. The van der Waals surface area contributed by atoms with Crippen molar-refractivity contribution in [1.29, 1.82) is 0 Å². The van der Waals surface area contributed by atoms with Crippen LogP contribution in [0.1, 0.15) is 30.1 Å². The zero-order valence-electron chi connectivity index (χ0n) is 11.2. The summed E-state index contributed by atoms with van der Waals surface area (Å²) in [5.41, 5.74) is -0.140. The second-order valence-corrected chi connectivity index (χ2v) is 5.20. The number of hydrogen-bond donors (Lipinski definition) is 2. The van der Waals surface area contributed by atoms with Gasteiger partial charge in [-0.2, -0.15) is 0 Å². The van der Waals surface area contributed by atoms with E-state index in [-0.39, 0.29) is 11.6 Å². The lowest BCUT2D eigenvalue weighted by molar-refractivity contribution is -0.00200. The maximum absolute atomic E-state index is 13.6. The third kappa shape index (κ3) is 2.87. The molecule has 19 heavy (non-hydrogen) atoms. The molecule has 1 aliphatic heterocycles. The van der Waals surface area contributed by atoms with E-state index < -0.39 is 11.4 Å². The Morgan fingerprint density at radius 1 is 1.42 bits per heavy atom. The Bertz CT molecular complexity index is 478. The lowest BCUT2D eigenvalue weighted by Crippen LogP contribution is -2.45. The van der Waals surface area contributed by atoms with Gasteiger partial charge >= 0.3 is 0 Å². The topological polar surface area (TPSA) is 52.6 Å². The van der Waals surface area contributed by atoms with Gasteiger partial charge in [0.1, 0.15) is 5.82 Å². The molecule has 0 bridgehead atoms. The second kappa shape index (κ2) is 5.17. The molecule has 1 aromatic carbocycles. The number of aliphatic hydroxyl groups is 1. The number of benzene rings is 1. The standard InChI is InChI=1S/C14H19FN2O2/c1-14(19)6-8-17(9-7-14)13(18)10-4-3-5-11(15)12(10)16-2/h3-5,16,19H,6-9H2,1-2H3. The highest BCUT2D eigenvalue weighted by Gasteiger charge is 2.30. The fourth-order valence-electron chi connectivity index (χ4n) is 2.32. The SMILES string of the molecule is CNc1c(F)cccc1C(=O)N1CCC(C)(O)CC1.